The van der Waals surface area contributed by atoms with E-state index in [0.717, 1.165) is 0 Å². The normalized spacial score (nSPS) is 11.6. The molecule has 0 saturated heterocycles. The molecule has 9 nitrogen and oxygen atoms in total. The third-order valence-corrected chi connectivity index (χ3v) is 8.16. The summed E-state index contributed by atoms with van der Waals surface area (Å²) in [6.07, 6.45) is 0. The van der Waals surface area contributed by atoms with E-state index in [2.05, 4.69) is 0 Å². The van der Waals surface area contributed by atoms with Crippen molar-refractivity contribution in [3.63, 3.8) is 0 Å². The molecular weight excluding hydrogens is 508 g/mol. The number of carbonyl (C=O) groups is 1. The average molecular weight is 531 g/mol. The van der Waals surface area contributed by atoms with E-state index in [4.69, 9.17) is 9.47 Å². The fourth-order valence-corrected chi connectivity index (χ4v) is 6.23. The zero-order valence-electron chi connectivity index (χ0n) is 20.7. The van der Waals surface area contributed by atoms with Gasteiger partial charge in [0.05, 0.1) is 46.7 Å². The SMILES string of the molecule is COc1cc(-c2cc3c(cc2C(C)=O)c2ccccc2n3S(=O)(=O)c2ccccc2)c([N+](=O)[O-])cc1OC. The Morgan fingerprint density at radius 3 is 2.08 bits per heavy atom. The maximum absolute atomic E-state index is 13.9. The van der Waals surface area contributed by atoms with Crippen LogP contribution in [0.1, 0.15) is 17.3 Å². The number of carbonyl (C=O) groups excluding carboxylic acids is 1. The first kappa shape index (κ1) is 25.0. The fourth-order valence-electron chi connectivity index (χ4n) is 4.69. The molecule has 0 radical (unpaired) electrons. The standard InChI is InChI=1S/C28H22N2O7S/c1-17(31)20-13-22-19-11-7-8-12-24(19)29(38(34,35)18-9-5-4-6-10-18)25(22)14-21(20)23-15-27(36-2)28(37-3)16-26(23)30(32)33/h4-16H,1-3H3. The first-order valence-corrected chi connectivity index (χ1v) is 12.9. The molecule has 192 valence electrons. The fraction of sp³-hybridized carbons (Fsp3) is 0.107. The van der Waals surface area contributed by atoms with Crippen LogP contribution in [0.25, 0.3) is 32.9 Å². The Kier molecular flexibility index (Phi) is 6.12. The van der Waals surface area contributed by atoms with Crippen LogP contribution in [-0.4, -0.2) is 37.3 Å². The van der Waals surface area contributed by atoms with Crippen molar-refractivity contribution in [3.05, 3.63) is 94.5 Å². The number of rotatable bonds is 7. The average Bonchev–Trinajstić information content (AvgIpc) is 3.26. The number of fused-ring (bicyclic) bond motifs is 3. The molecule has 0 spiro atoms. The van der Waals surface area contributed by atoms with Gasteiger partial charge in [-0.3, -0.25) is 14.9 Å². The van der Waals surface area contributed by atoms with Crippen molar-refractivity contribution in [3.8, 4) is 22.6 Å². The Bertz CT molecular complexity index is 1860. The van der Waals surface area contributed by atoms with Crippen molar-refractivity contribution in [2.45, 2.75) is 11.8 Å². The molecule has 38 heavy (non-hydrogen) atoms. The van der Waals surface area contributed by atoms with Crippen molar-refractivity contribution in [1.29, 1.82) is 0 Å². The molecule has 0 bridgehead atoms. The monoisotopic (exact) mass is 530 g/mol. The van der Waals surface area contributed by atoms with E-state index in [0.29, 0.717) is 16.3 Å². The van der Waals surface area contributed by atoms with Gasteiger partial charge >= 0.3 is 0 Å². The van der Waals surface area contributed by atoms with Gasteiger partial charge in [0.1, 0.15) is 0 Å². The highest BCUT2D eigenvalue weighted by molar-refractivity contribution is 7.90. The van der Waals surface area contributed by atoms with E-state index in [1.807, 2.05) is 0 Å². The summed E-state index contributed by atoms with van der Waals surface area (Å²) in [7, 11) is -1.32. The van der Waals surface area contributed by atoms with Crippen LogP contribution in [0.15, 0.2) is 83.8 Å². The maximum atomic E-state index is 13.9. The number of para-hydroxylation sites is 1. The van der Waals surface area contributed by atoms with Gasteiger partial charge in [-0.05, 0) is 43.3 Å². The molecule has 0 aliphatic rings. The van der Waals surface area contributed by atoms with E-state index in [-0.39, 0.29) is 50.1 Å². The number of ether oxygens (including phenoxy) is 2. The Labute approximate surface area is 218 Å². The molecule has 0 fully saturated rings. The number of nitro groups is 1. The summed E-state index contributed by atoms with van der Waals surface area (Å²) in [6, 6.07) is 20.7. The Balaban J connectivity index is 1.96. The third kappa shape index (κ3) is 3.86. The largest absolute Gasteiger partial charge is 0.493 e. The van der Waals surface area contributed by atoms with Crippen LogP contribution < -0.4 is 9.47 Å². The first-order chi connectivity index (χ1) is 18.2. The second kappa shape index (κ2) is 9.31. The predicted molar refractivity (Wildman–Crippen MR) is 144 cm³/mol. The Hall–Kier alpha value is -4.70. The lowest BCUT2D eigenvalue weighted by atomic mass is 9.93. The highest BCUT2D eigenvalue weighted by Crippen LogP contribution is 2.43. The van der Waals surface area contributed by atoms with E-state index in [1.165, 1.54) is 55.4 Å². The molecule has 0 aliphatic carbocycles. The van der Waals surface area contributed by atoms with Crippen LogP contribution in [0.3, 0.4) is 0 Å². The third-order valence-electron chi connectivity index (χ3n) is 6.42. The number of Topliss-reactive ketones (excluding diaryl/α,β-unsaturated/α-hetero) is 1. The lowest BCUT2D eigenvalue weighted by molar-refractivity contribution is -0.384. The lowest BCUT2D eigenvalue weighted by Crippen LogP contribution is -2.13. The summed E-state index contributed by atoms with van der Waals surface area (Å²) in [5, 5.41) is 13.2. The van der Waals surface area contributed by atoms with Crippen LogP contribution in [0, 0.1) is 10.1 Å². The number of nitrogens with zero attached hydrogens (tertiary/aromatic N) is 2. The molecule has 0 saturated carbocycles. The second-order valence-corrected chi connectivity index (χ2v) is 10.3. The van der Waals surface area contributed by atoms with Gasteiger partial charge in [-0.25, -0.2) is 12.4 Å². The Morgan fingerprint density at radius 2 is 1.45 bits per heavy atom. The number of hydrogen-bond donors (Lipinski definition) is 0. The van der Waals surface area contributed by atoms with E-state index in [1.54, 1.807) is 48.5 Å². The molecule has 1 aromatic heterocycles. The number of methoxy groups -OCH3 is 2. The molecule has 0 unspecified atom stereocenters. The molecular formula is C28H22N2O7S. The maximum Gasteiger partial charge on any atom is 0.281 e. The van der Waals surface area contributed by atoms with Crippen molar-refractivity contribution in [2.24, 2.45) is 0 Å². The minimum atomic E-state index is -4.08. The summed E-state index contributed by atoms with van der Waals surface area (Å²) < 4.78 is 39.6. The molecule has 0 N–H and O–H groups in total. The minimum Gasteiger partial charge on any atom is -0.493 e. The molecule has 5 rings (SSSR count). The van der Waals surface area contributed by atoms with Crippen molar-refractivity contribution < 1.29 is 27.6 Å². The summed E-state index contributed by atoms with van der Waals surface area (Å²) in [6.45, 7) is 1.36. The van der Waals surface area contributed by atoms with Crippen LogP contribution in [-0.2, 0) is 10.0 Å². The highest BCUT2D eigenvalue weighted by atomic mass is 32.2. The quantitative estimate of drug-likeness (QED) is 0.148. The van der Waals surface area contributed by atoms with E-state index in [9.17, 15) is 23.3 Å². The van der Waals surface area contributed by atoms with Gasteiger partial charge in [-0.15, -0.1) is 0 Å². The van der Waals surface area contributed by atoms with Crippen molar-refractivity contribution in [1.82, 2.24) is 3.97 Å². The number of ketones is 1. The predicted octanol–water partition coefficient (Wildman–Crippen LogP) is 5.83. The molecule has 5 aromatic rings. The molecule has 4 aromatic carbocycles. The van der Waals surface area contributed by atoms with Gasteiger partial charge in [-0.1, -0.05) is 36.4 Å². The van der Waals surface area contributed by atoms with Gasteiger partial charge in [0.25, 0.3) is 15.7 Å². The topological polar surface area (TPSA) is 118 Å². The van der Waals surface area contributed by atoms with Crippen LogP contribution in [0.4, 0.5) is 5.69 Å². The first-order valence-electron chi connectivity index (χ1n) is 11.5. The number of nitro benzene ring substituents is 1. The molecule has 1 heterocycles. The lowest BCUT2D eigenvalue weighted by Gasteiger charge is -2.14. The van der Waals surface area contributed by atoms with Crippen LogP contribution >= 0.6 is 0 Å². The summed E-state index contributed by atoms with van der Waals surface area (Å²) in [5.41, 5.74) is 0.864. The second-order valence-electron chi connectivity index (χ2n) is 8.55. The summed E-state index contributed by atoms with van der Waals surface area (Å²) in [4.78, 5) is 24.4. The highest BCUT2D eigenvalue weighted by Gasteiger charge is 2.28. The number of hydrogen-bond acceptors (Lipinski definition) is 7. The van der Waals surface area contributed by atoms with E-state index >= 15 is 0 Å². The van der Waals surface area contributed by atoms with E-state index < -0.39 is 14.9 Å². The Morgan fingerprint density at radius 1 is 0.816 bits per heavy atom. The number of aromatic nitrogens is 1. The van der Waals surface area contributed by atoms with Gasteiger partial charge in [0.15, 0.2) is 17.3 Å². The van der Waals surface area contributed by atoms with Gasteiger partial charge in [-0.2, -0.15) is 0 Å². The zero-order valence-corrected chi connectivity index (χ0v) is 21.5. The van der Waals surface area contributed by atoms with Gasteiger partial charge in [0.2, 0.25) is 0 Å². The molecule has 0 aliphatic heterocycles. The van der Waals surface area contributed by atoms with Crippen molar-refractivity contribution in [2.75, 3.05) is 14.2 Å². The summed E-state index contributed by atoms with van der Waals surface area (Å²) in [5.74, 6) is 0.0306. The smallest absolute Gasteiger partial charge is 0.281 e. The van der Waals surface area contributed by atoms with Gasteiger partial charge < -0.3 is 9.47 Å². The van der Waals surface area contributed by atoms with Gasteiger partial charge in [0, 0.05) is 21.9 Å². The zero-order chi connectivity index (χ0) is 27.2. The molecule has 0 atom stereocenters. The summed E-state index contributed by atoms with van der Waals surface area (Å²) >= 11 is 0. The van der Waals surface area contributed by atoms with Crippen LogP contribution in [0.5, 0.6) is 11.5 Å². The minimum absolute atomic E-state index is 0.0805. The van der Waals surface area contributed by atoms with Crippen LogP contribution in [0.2, 0.25) is 0 Å². The molecule has 10 heteroatoms. The van der Waals surface area contributed by atoms with Crippen molar-refractivity contribution >= 4 is 43.3 Å². The number of benzene rings is 4. The molecule has 0 amide bonds.